The Labute approximate surface area is 188 Å². The molecule has 3 heterocycles. The summed E-state index contributed by atoms with van der Waals surface area (Å²) in [7, 11) is 2.12. The molecule has 30 heavy (non-hydrogen) atoms. The molecule has 3 aliphatic heterocycles. The smallest absolute Gasteiger partial charge is 0.263 e. The summed E-state index contributed by atoms with van der Waals surface area (Å²) in [5, 5.41) is 1.14. The SMILES string of the molecule is CSc1ccc(OC2CCN(C3CCN(C4=NC(C(C)C)N(C)S4)CC3)C2=O)cc1. The molecule has 0 spiro atoms. The van der Waals surface area contributed by atoms with Gasteiger partial charge in [-0.2, -0.15) is 0 Å². The molecule has 2 fully saturated rings. The highest BCUT2D eigenvalue weighted by Gasteiger charge is 2.39. The summed E-state index contributed by atoms with van der Waals surface area (Å²) >= 11 is 3.46. The van der Waals surface area contributed by atoms with E-state index in [1.807, 2.05) is 24.3 Å². The van der Waals surface area contributed by atoms with E-state index in [4.69, 9.17) is 9.73 Å². The number of aliphatic imine (C=N–C) groups is 1. The maximum atomic E-state index is 13.0. The minimum absolute atomic E-state index is 0.148. The van der Waals surface area contributed by atoms with Crippen molar-refractivity contribution in [3.8, 4) is 5.75 Å². The fourth-order valence-electron chi connectivity index (χ4n) is 4.44. The second-order valence-electron chi connectivity index (χ2n) is 8.53. The number of hydrogen-bond donors (Lipinski definition) is 0. The molecule has 3 aliphatic rings. The van der Waals surface area contributed by atoms with Gasteiger partial charge < -0.3 is 14.5 Å². The van der Waals surface area contributed by atoms with Gasteiger partial charge in [-0.1, -0.05) is 13.8 Å². The van der Waals surface area contributed by atoms with Crippen LogP contribution in [0.3, 0.4) is 0 Å². The van der Waals surface area contributed by atoms with E-state index in [-0.39, 0.29) is 18.2 Å². The van der Waals surface area contributed by atoms with Crippen molar-refractivity contribution < 1.29 is 9.53 Å². The highest BCUT2D eigenvalue weighted by Crippen LogP contribution is 2.32. The van der Waals surface area contributed by atoms with Gasteiger partial charge >= 0.3 is 0 Å². The molecule has 0 radical (unpaired) electrons. The van der Waals surface area contributed by atoms with Crippen LogP contribution >= 0.6 is 23.7 Å². The minimum Gasteiger partial charge on any atom is -0.481 e. The summed E-state index contributed by atoms with van der Waals surface area (Å²) in [5.41, 5.74) is 0. The zero-order chi connectivity index (χ0) is 21.3. The number of likely N-dealkylation sites (tertiary alicyclic amines) is 2. The van der Waals surface area contributed by atoms with Gasteiger partial charge in [-0.3, -0.25) is 4.79 Å². The third-order valence-corrected chi connectivity index (χ3v) is 7.92. The lowest BCUT2D eigenvalue weighted by molar-refractivity contribution is -0.135. The molecule has 4 rings (SSSR count). The van der Waals surface area contributed by atoms with Crippen LogP contribution in [0.1, 0.15) is 33.1 Å². The predicted molar refractivity (Wildman–Crippen MR) is 125 cm³/mol. The average Bonchev–Trinajstić information content (AvgIpc) is 3.32. The molecule has 0 aromatic heterocycles. The van der Waals surface area contributed by atoms with Crippen molar-refractivity contribution in [2.24, 2.45) is 10.9 Å². The van der Waals surface area contributed by atoms with Crippen molar-refractivity contribution in [1.82, 2.24) is 14.1 Å². The van der Waals surface area contributed by atoms with Crippen LogP contribution < -0.4 is 4.74 Å². The third kappa shape index (κ3) is 4.60. The molecule has 2 saturated heterocycles. The van der Waals surface area contributed by atoms with Gasteiger partial charge in [0.15, 0.2) is 11.3 Å². The molecule has 0 aliphatic carbocycles. The maximum absolute atomic E-state index is 13.0. The molecular weight excluding hydrogens is 416 g/mol. The first-order valence-electron chi connectivity index (χ1n) is 10.8. The van der Waals surface area contributed by atoms with Gasteiger partial charge in [0.1, 0.15) is 11.9 Å². The molecule has 1 aromatic carbocycles. The zero-order valence-corrected chi connectivity index (χ0v) is 19.9. The number of hydrogen-bond acceptors (Lipinski definition) is 7. The molecule has 1 amide bonds. The van der Waals surface area contributed by atoms with Gasteiger partial charge in [-0.25, -0.2) is 9.30 Å². The fraction of sp³-hybridized carbons (Fsp3) is 0.636. The third-order valence-electron chi connectivity index (χ3n) is 6.14. The number of benzene rings is 1. The second-order valence-corrected chi connectivity index (χ2v) is 10.5. The summed E-state index contributed by atoms with van der Waals surface area (Å²) in [6.45, 7) is 7.15. The van der Waals surface area contributed by atoms with Crippen molar-refractivity contribution in [2.75, 3.05) is 32.9 Å². The Morgan fingerprint density at radius 1 is 1.13 bits per heavy atom. The monoisotopic (exact) mass is 448 g/mol. The summed E-state index contributed by atoms with van der Waals surface area (Å²) < 4.78 is 8.27. The van der Waals surface area contributed by atoms with E-state index < -0.39 is 0 Å². The van der Waals surface area contributed by atoms with Gasteiger partial charge in [-0.05, 0) is 61.2 Å². The van der Waals surface area contributed by atoms with E-state index in [9.17, 15) is 4.79 Å². The molecule has 0 saturated carbocycles. The summed E-state index contributed by atoms with van der Waals surface area (Å²) in [6, 6.07) is 8.31. The van der Waals surface area contributed by atoms with E-state index in [2.05, 4.69) is 41.3 Å². The average molecular weight is 449 g/mol. The number of rotatable bonds is 5. The van der Waals surface area contributed by atoms with Crippen LogP contribution in [-0.4, -0.2) is 76.4 Å². The van der Waals surface area contributed by atoms with Crippen molar-refractivity contribution in [3.05, 3.63) is 24.3 Å². The number of piperidine rings is 1. The normalized spacial score (nSPS) is 26.0. The standard InChI is InChI=1S/C22H32N4O2S2/c1-15(2)20-23-22(30-24(20)3)25-12-9-16(10-13-25)26-14-11-19(21(26)27)28-17-5-7-18(29-4)8-6-17/h5-8,15-16,19-20H,9-14H2,1-4H3. The van der Waals surface area contributed by atoms with Crippen molar-refractivity contribution in [3.63, 3.8) is 0 Å². The van der Waals surface area contributed by atoms with Crippen LogP contribution in [0.25, 0.3) is 0 Å². The first kappa shape index (κ1) is 21.8. The molecule has 1 aromatic rings. The topological polar surface area (TPSA) is 48.4 Å². The number of nitrogens with zero attached hydrogens (tertiary/aromatic N) is 4. The molecule has 2 unspecified atom stereocenters. The van der Waals surface area contributed by atoms with E-state index in [1.165, 1.54) is 4.90 Å². The van der Waals surface area contributed by atoms with Crippen LogP contribution in [-0.2, 0) is 4.79 Å². The number of ether oxygens (including phenoxy) is 1. The highest BCUT2D eigenvalue weighted by molar-refractivity contribution is 8.12. The number of carbonyl (C=O) groups excluding carboxylic acids is 1. The van der Waals surface area contributed by atoms with Gasteiger partial charge in [0.2, 0.25) is 0 Å². The van der Waals surface area contributed by atoms with Crippen molar-refractivity contribution in [2.45, 2.75) is 56.3 Å². The number of amides is 1. The summed E-state index contributed by atoms with van der Waals surface area (Å²) in [5.74, 6) is 1.44. The Hall–Kier alpha value is -1.38. The van der Waals surface area contributed by atoms with Gasteiger partial charge in [0.25, 0.3) is 5.91 Å². The lowest BCUT2D eigenvalue weighted by Gasteiger charge is -2.37. The Bertz CT molecular complexity index is 778. The Balaban J connectivity index is 1.30. The first-order chi connectivity index (χ1) is 14.5. The van der Waals surface area contributed by atoms with Crippen LogP contribution in [0.2, 0.25) is 0 Å². The predicted octanol–water partition coefficient (Wildman–Crippen LogP) is 3.78. The molecule has 164 valence electrons. The lowest BCUT2D eigenvalue weighted by Crippen LogP contribution is -2.47. The number of carbonyl (C=O) groups is 1. The van der Waals surface area contributed by atoms with E-state index >= 15 is 0 Å². The molecule has 6 nitrogen and oxygen atoms in total. The maximum Gasteiger partial charge on any atom is 0.263 e. The van der Waals surface area contributed by atoms with Crippen LogP contribution in [0, 0.1) is 5.92 Å². The van der Waals surface area contributed by atoms with Crippen LogP contribution in [0.15, 0.2) is 34.2 Å². The van der Waals surface area contributed by atoms with E-state index in [0.717, 1.165) is 49.8 Å². The molecule has 2 atom stereocenters. The Morgan fingerprint density at radius 3 is 2.43 bits per heavy atom. The summed E-state index contributed by atoms with van der Waals surface area (Å²) in [6.07, 6.45) is 4.72. The van der Waals surface area contributed by atoms with Gasteiger partial charge in [0, 0.05) is 44.0 Å². The second kappa shape index (κ2) is 9.40. The zero-order valence-electron chi connectivity index (χ0n) is 18.3. The first-order valence-corrected chi connectivity index (χ1v) is 12.8. The fourth-order valence-corrected chi connectivity index (χ4v) is 5.96. The molecule has 8 heteroatoms. The number of amidine groups is 1. The molecule has 0 bridgehead atoms. The Morgan fingerprint density at radius 2 is 1.83 bits per heavy atom. The van der Waals surface area contributed by atoms with Crippen LogP contribution in [0.5, 0.6) is 5.75 Å². The van der Waals surface area contributed by atoms with Crippen LogP contribution in [0.4, 0.5) is 0 Å². The summed E-state index contributed by atoms with van der Waals surface area (Å²) in [4.78, 5) is 23.6. The Kier molecular flexibility index (Phi) is 6.85. The van der Waals surface area contributed by atoms with Gasteiger partial charge in [-0.15, -0.1) is 11.8 Å². The van der Waals surface area contributed by atoms with Crippen molar-refractivity contribution in [1.29, 1.82) is 0 Å². The molecular formula is C22H32N4O2S2. The highest BCUT2D eigenvalue weighted by atomic mass is 32.2. The van der Waals surface area contributed by atoms with Crippen molar-refractivity contribution >= 4 is 34.8 Å². The lowest BCUT2D eigenvalue weighted by atomic mass is 10.0. The largest absolute Gasteiger partial charge is 0.481 e. The molecule has 0 N–H and O–H groups in total. The quantitative estimate of drug-likeness (QED) is 0.505. The van der Waals surface area contributed by atoms with E-state index in [0.29, 0.717) is 12.0 Å². The van der Waals surface area contributed by atoms with Gasteiger partial charge in [0.05, 0.1) is 0 Å². The minimum atomic E-state index is -0.349. The van der Waals surface area contributed by atoms with E-state index in [1.54, 1.807) is 23.7 Å². The number of thioether (sulfide) groups is 1.